The minimum atomic E-state index is -4.65. The van der Waals surface area contributed by atoms with E-state index in [2.05, 4.69) is 11.5 Å². The highest BCUT2D eigenvalue weighted by molar-refractivity contribution is 6.38. The van der Waals surface area contributed by atoms with E-state index in [0.717, 1.165) is 43.2 Å². The maximum absolute atomic E-state index is 13.7. The Balaban J connectivity index is 1.43. The van der Waals surface area contributed by atoms with Crippen LogP contribution in [-0.2, 0) is 6.18 Å². The molecular formula is C22H21ClF3N3O3. The zero-order valence-corrected chi connectivity index (χ0v) is 17.8. The number of allylic oxidation sites excluding steroid dienone is 1. The van der Waals surface area contributed by atoms with Gasteiger partial charge in [0.1, 0.15) is 10.6 Å². The lowest BCUT2D eigenvalue weighted by molar-refractivity contribution is -0.136. The predicted molar refractivity (Wildman–Crippen MR) is 111 cm³/mol. The molecule has 2 fully saturated rings. The monoisotopic (exact) mass is 467 g/mol. The molecular weight excluding hydrogens is 447 g/mol. The Labute approximate surface area is 186 Å². The number of alkyl halides is 3. The minimum Gasteiger partial charge on any atom is -0.449 e. The lowest BCUT2D eigenvalue weighted by Gasteiger charge is -2.39. The standard InChI is InChI=1S/C22H21ClF3N3O3/c23-17-15-10-13(12-6-7-12)11-16(22(24,25)26)18(15)32-19(17)20(30)29-9-8-28(21(31)27-29)14-4-2-1-3-5-14/h1-2,10-12,14H,3-9H2,(H,27,31). The summed E-state index contributed by atoms with van der Waals surface area (Å²) in [5.74, 6) is -1.12. The van der Waals surface area contributed by atoms with Crippen LogP contribution in [0.3, 0.4) is 0 Å². The van der Waals surface area contributed by atoms with Crippen LogP contribution < -0.4 is 5.43 Å². The van der Waals surface area contributed by atoms with Gasteiger partial charge in [-0.3, -0.25) is 4.79 Å². The Bertz CT molecular complexity index is 1120. The second-order valence-corrected chi connectivity index (χ2v) is 8.85. The van der Waals surface area contributed by atoms with Crippen LogP contribution in [0.25, 0.3) is 11.0 Å². The first-order valence-electron chi connectivity index (χ1n) is 10.6. The number of hydrogen-bond donors (Lipinski definition) is 1. The first-order chi connectivity index (χ1) is 15.2. The Morgan fingerprint density at radius 2 is 1.94 bits per heavy atom. The Morgan fingerprint density at radius 3 is 2.56 bits per heavy atom. The molecule has 5 rings (SSSR count). The SMILES string of the molecule is O=C(c1oc2c(C(F)(F)F)cc(C3CC3)cc2c1Cl)N1CCN(C2CC=CCC2)C(=O)N1. The summed E-state index contributed by atoms with van der Waals surface area (Å²) in [7, 11) is 0. The molecule has 1 saturated carbocycles. The molecule has 0 bridgehead atoms. The minimum absolute atomic E-state index is 0.0576. The van der Waals surface area contributed by atoms with Gasteiger partial charge in [-0.1, -0.05) is 23.8 Å². The zero-order valence-electron chi connectivity index (χ0n) is 17.0. The Hall–Kier alpha value is -2.68. The van der Waals surface area contributed by atoms with Crippen molar-refractivity contribution >= 4 is 34.5 Å². The lowest BCUT2D eigenvalue weighted by Crippen LogP contribution is -2.61. The number of hydrogen-bond acceptors (Lipinski definition) is 3. The molecule has 1 atom stereocenters. The molecule has 170 valence electrons. The molecule has 3 aliphatic rings. The molecule has 1 N–H and O–H groups in total. The molecule has 1 aromatic heterocycles. The largest absolute Gasteiger partial charge is 0.449 e. The van der Waals surface area contributed by atoms with Crippen LogP contribution in [-0.4, -0.2) is 41.0 Å². The third kappa shape index (κ3) is 3.72. The number of fused-ring (bicyclic) bond motifs is 1. The number of furan rings is 1. The van der Waals surface area contributed by atoms with Crippen LogP contribution in [0.1, 0.15) is 59.7 Å². The summed E-state index contributed by atoms with van der Waals surface area (Å²) < 4.78 is 46.4. The molecule has 3 amide bonds. The fourth-order valence-electron chi connectivity index (χ4n) is 4.42. The summed E-state index contributed by atoms with van der Waals surface area (Å²) >= 11 is 6.34. The zero-order chi connectivity index (χ0) is 22.6. The second-order valence-electron chi connectivity index (χ2n) is 8.47. The van der Waals surface area contributed by atoms with E-state index in [9.17, 15) is 22.8 Å². The third-order valence-corrected chi connectivity index (χ3v) is 6.66. The second kappa shape index (κ2) is 7.72. The molecule has 32 heavy (non-hydrogen) atoms. The van der Waals surface area contributed by atoms with Crippen molar-refractivity contribution in [2.24, 2.45) is 0 Å². The normalized spacial score (nSPS) is 21.9. The van der Waals surface area contributed by atoms with Crippen molar-refractivity contribution in [1.82, 2.24) is 15.3 Å². The van der Waals surface area contributed by atoms with Gasteiger partial charge in [-0.2, -0.15) is 13.2 Å². The number of hydrazine groups is 1. The van der Waals surface area contributed by atoms with Crippen LogP contribution in [0.5, 0.6) is 0 Å². The van der Waals surface area contributed by atoms with E-state index in [4.69, 9.17) is 16.0 Å². The van der Waals surface area contributed by atoms with E-state index < -0.39 is 35.0 Å². The molecule has 0 spiro atoms. The van der Waals surface area contributed by atoms with Gasteiger partial charge in [0, 0.05) is 18.0 Å². The summed E-state index contributed by atoms with van der Waals surface area (Å²) in [6.45, 7) is 0.477. The molecule has 2 heterocycles. The van der Waals surface area contributed by atoms with Gasteiger partial charge in [0.25, 0.3) is 0 Å². The van der Waals surface area contributed by atoms with Crippen LogP contribution in [0.15, 0.2) is 28.7 Å². The van der Waals surface area contributed by atoms with E-state index in [1.165, 1.54) is 0 Å². The van der Waals surface area contributed by atoms with Crippen molar-refractivity contribution in [2.45, 2.75) is 50.2 Å². The van der Waals surface area contributed by atoms with E-state index in [1.807, 2.05) is 6.08 Å². The highest BCUT2D eigenvalue weighted by atomic mass is 35.5. The highest BCUT2D eigenvalue weighted by Gasteiger charge is 2.39. The van der Waals surface area contributed by atoms with Gasteiger partial charge in [-0.25, -0.2) is 15.2 Å². The van der Waals surface area contributed by atoms with Gasteiger partial charge in [0.15, 0.2) is 0 Å². The lowest BCUT2D eigenvalue weighted by atomic mass is 10.0. The summed E-state index contributed by atoms with van der Waals surface area (Å²) in [4.78, 5) is 27.3. The van der Waals surface area contributed by atoms with Crippen molar-refractivity contribution < 1.29 is 27.2 Å². The molecule has 1 saturated heterocycles. The number of carbonyl (C=O) groups excluding carboxylic acids is 2. The summed E-state index contributed by atoms with van der Waals surface area (Å²) in [6, 6.07) is 2.27. The number of benzene rings is 1. The number of urea groups is 1. The molecule has 2 aliphatic carbocycles. The Kier molecular flexibility index (Phi) is 5.11. The van der Waals surface area contributed by atoms with E-state index in [1.54, 1.807) is 11.0 Å². The predicted octanol–water partition coefficient (Wildman–Crippen LogP) is 5.47. The molecule has 1 unspecified atom stereocenters. The quantitative estimate of drug-likeness (QED) is 0.608. The van der Waals surface area contributed by atoms with Gasteiger partial charge in [-0.05, 0) is 55.7 Å². The van der Waals surface area contributed by atoms with Crippen molar-refractivity contribution in [1.29, 1.82) is 0 Å². The maximum atomic E-state index is 13.7. The molecule has 10 heteroatoms. The number of carbonyl (C=O) groups is 2. The van der Waals surface area contributed by atoms with Gasteiger partial charge in [-0.15, -0.1) is 0 Å². The van der Waals surface area contributed by atoms with Crippen LogP contribution in [0.4, 0.5) is 18.0 Å². The number of nitrogens with zero attached hydrogens (tertiary/aromatic N) is 2. The molecule has 2 aromatic rings. The van der Waals surface area contributed by atoms with Gasteiger partial charge in [0.05, 0.1) is 12.1 Å². The highest BCUT2D eigenvalue weighted by Crippen LogP contribution is 2.46. The average molecular weight is 468 g/mol. The smallest absolute Gasteiger partial charge is 0.420 e. The molecule has 0 radical (unpaired) electrons. The summed E-state index contributed by atoms with van der Waals surface area (Å²) in [6.07, 6.45) is 3.56. The fourth-order valence-corrected chi connectivity index (χ4v) is 4.68. The number of amides is 3. The molecule has 6 nitrogen and oxygen atoms in total. The van der Waals surface area contributed by atoms with Crippen LogP contribution in [0, 0.1) is 0 Å². The maximum Gasteiger partial charge on any atom is 0.420 e. The van der Waals surface area contributed by atoms with Crippen molar-refractivity contribution in [3.05, 3.63) is 46.2 Å². The summed E-state index contributed by atoms with van der Waals surface area (Å²) in [5.41, 5.74) is 1.65. The average Bonchev–Trinajstić information content (AvgIpc) is 3.56. The number of nitrogens with one attached hydrogen (secondary N) is 1. The first-order valence-corrected chi connectivity index (χ1v) is 11.0. The molecule has 1 aromatic carbocycles. The first kappa shape index (κ1) is 21.2. The number of halogens is 4. The van der Waals surface area contributed by atoms with Crippen LogP contribution in [0.2, 0.25) is 5.02 Å². The Morgan fingerprint density at radius 1 is 1.16 bits per heavy atom. The van der Waals surface area contributed by atoms with Crippen LogP contribution >= 0.6 is 11.6 Å². The van der Waals surface area contributed by atoms with E-state index in [-0.39, 0.29) is 28.9 Å². The van der Waals surface area contributed by atoms with E-state index in [0.29, 0.717) is 12.1 Å². The fraction of sp³-hybridized carbons (Fsp3) is 0.455. The van der Waals surface area contributed by atoms with Crippen molar-refractivity contribution in [3.63, 3.8) is 0 Å². The van der Waals surface area contributed by atoms with E-state index >= 15 is 0 Å². The summed E-state index contributed by atoms with van der Waals surface area (Å²) in [5, 5.41) is 0.939. The van der Waals surface area contributed by atoms with Gasteiger partial charge >= 0.3 is 18.1 Å². The van der Waals surface area contributed by atoms with Crippen molar-refractivity contribution in [2.75, 3.05) is 13.1 Å². The van der Waals surface area contributed by atoms with Gasteiger partial charge < -0.3 is 9.32 Å². The van der Waals surface area contributed by atoms with Crippen molar-refractivity contribution in [3.8, 4) is 0 Å². The molecule has 1 aliphatic heterocycles. The number of rotatable bonds is 3. The van der Waals surface area contributed by atoms with Gasteiger partial charge in [0.2, 0.25) is 5.76 Å². The third-order valence-electron chi connectivity index (χ3n) is 6.28. The topological polar surface area (TPSA) is 65.8 Å².